The van der Waals surface area contributed by atoms with E-state index in [1.165, 1.54) is 11.8 Å². The Morgan fingerprint density at radius 1 is 1.39 bits per heavy atom. The smallest absolute Gasteiger partial charge is 0.232 e. The summed E-state index contributed by atoms with van der Waals surface area (Å²) in [6.07, 6.45) is 0. The Kier molecular flexibility index (Phi) is 5.45. The normalized spacial score (nSPS) is 11.3. The van der Waals surface area contributed by atoms with Gasteiger partial charge in [-0.25, -0.2) is 13.1 Å². The number of carbonyl (C=O) groups excluding carboxylic acids is 1. The average Bonchev–Trinajstić information content (AvgIpc) is 2.26. The van der Waals surface area contributed by atoms with Crippen molar-refractivity contribution in [2.45, 2.75) is 4.90 Å². The van der Waals surface area contributed by atoms with Crippen LogP contribution in [-0.4, -0.2) is 32.4 Å². The van der Waals surface area contributed by atoms with Crippen LogP contribution in [0.15, 0.2) is 29.2 Å². The third-order valence-corrected chi connectivity index (χ3v) is 4.52. The highest BCUT2D eigenvalue weighted by molar-refractivity contribution is 8.00. The lowest BCUT2D eigenvalue weighted by atomic mass is 10.3. The van der Waals surface area contributed by atoms with Crippen LogP contribution >= 0.6 is 11.8 Å². The van der Waals surface area contributed by atoms with Crippen molar-refractivity contribution in [1.29, 1.82) is 0 Å². The van der Waals surface area contributed by atoms with Gasteiger partial charge in [0, 0.05) is 16.3 Å². The largest absolute Gasteiger partial charge is 0.399 e. The van der Waals surface area contributed by atoms with Crippen molar-refractivity contribution in [3.05, 3.63) is 24.3 Å². The first-order chi connectivity index (χ1) is 8.39. The van der Waals surface area contributed by atoms with Crippen LogP contribution in [0, 0.1) is 0 Å². The number of benzene rings is 1. The minimum absolute atomic E-state index is 0.0836. The van der Waals surface area contributed by atoms with E-state index >= 15 is 0 Å². The molecular weight excluding hydrogens is 274 g/mol. The Bertz CT molecular complexity index is 517. The van der Waals surface area contributed by atoms with Gasteiger partial charge in [-0.1, -0.05) is 6.07 Å². The van der Waals surface area contributed by atoms with Gasteiger partial charge in [0.2, 0.25) is 15.9 Å². The lowest BCUT2D eigenvalue weighted by molar-refractivity contribution is -0.116. The third kappa shape index (κ3) is 5.89. The Morgan fingerprint density at radius 2 is 2.11 bits per heavy atom. The molecule has 0 fully saturated rings. The summed E-state index contributed by atoms with van der Waals surface area (Å²) in [7, 11) is -3.46. The molecule has 6 nitrogen and oxygen atoms in total. The molecule has 1 aromatic rings. The molecule has 1 aromatic carbocycles. The number of rotatable bonds is 7. The molecule has 1 rings (SSSR count). The summed E-state index contributed by atoms with van der Waals surface area (Å²) in [4.78, 5) is 11.4. The first-order valence-corrected chi connectivity index (χ1v) is 7.77. The standard InChI is InChI=1S/C10H15N3O3S2/c11-8-2-1-3-9(6-8)17-4-5-18(15,16)13-7-10(12)14/h1-3,6,13H,4-5,7,11H2,(H2,12,14). The third-order valence-electron chi connectivity index (χ3n) is 1.95. The molecule has 0 saturated carbocycles. The summed E-state index contributed by atoms with van der Waals surface area (Å²) in [5, 5.41) is 0. The summed E-state index contributed by atoms with van der Waals surface area (Å²) in [6, 6.07) is 7.19. The van der Waals surface area contributed by atoms with Crippen molar-refractivity contribution in [2.24, 2.45) is 5.73 Å². The van der Waals surface area contributed by atoms with Gasteiger partial charge in [0.1, 0.15) is 0 Å². The minimum Gasteiger partial charge on any atom is -0.399 e. The highest BCUT2D eigenvalue weighted by atomic mass is 32.2. The maximum Gasteiger partial charge on any atom is 0.232 e. The predicted octanol–water partition coefficient (Wildman–Crippen LogP) is -0.234. The van der Waals surface area contributed by atoms with Gasteiger partial charge in [-0.15, -0.1) is 11.8 Å². The van der Waals surface area contributed by atoms with Crippen LogP contribution in [0.5, 0.6) is 0 Å². The van der Waals surface area contributed by atoms with Gasteiger partial charge in [0.25, 0.3) is 0 Å². The summed E-state index contributed by atoms with van der Waals surface area (Å²) in [6.45, 7) is -0.370. The molecule has 0 spiro atoms. The van der Waals surface area contributed by atoms with Crippen LogP contribution < -0.4 is 16.2 Å². The number of sulfonamides is 1. The second-order valence-corrected chi connectivity index (χ2v) is 6.62. The topological polar surface area (TPSA) is 115 Å². The molecule has 0 unspecified atom stereocenters. The van der Waals surface area contributed by atoms with Crippen molar-refractivity contribution >= 4 is 33.4 Å². The van der Waals surface area contributed by atoms with E-state index in [2.05, 4.69) is 4.72 Å². The van der Waals surface area contributed by atoms with Crippen molar-refractivity contribution in [1.82, 2.24) is 4.72 Å². The van der Waals surface area contributed by atoms with Gasteiger partial charge in [0.15, 0.2) is 0 Å². The number of nitrogens with two attached hydrogens (primary N) is 2. The molecule has 100 valence electrons. The second-order valence-electron chi connectivity index (χ2n) is 3.53. The molecule has 0 aromatic heterocycles. The Hall–Kier alpha value is -1.25. The van der Waals surface area contributed by atoms with Crippen molar-refractivity contribution in [3.63, 3.8) is 0 Å². The van der Waals surface area contributed by atoms with E-state index in [0.29, 0.717) is 11.4 Å². The van der Waals surface area contributed by atoms with Crippen LogP contribution in [0.1, 0.15) is 0 Å². The van der Waals surface area contributed by atoms with Gasteiger partial charge >= 0.3 is 0 Å². The molecule has 18 heavy (non-hydrogen) atoms. The van der Waals surface area contributed by atoms with Gasteiger partial charge < -0.3 is 11.5 Å². The molecule has 0 bridgehead atoms. The van der Waals surface area contributed by atoms with E-state index in [9.17, 15) is 13.2 Å². The first kappa shape index (κ1) is 14.8. The second kappa shape index (κ2) is 6.62. The van der Waals surface area contributed by atoms with E-state index in [1.807, 2.05) is 6.07 Å². The van der Waals surface area contributed by atoms with Crippen molar-refractivity contribution < 1.29 is 13.2 Å². The monoisotopic (exact) mass is 289 g/mol. The fourth-order valence-corrected chi connectivity index (χ4v) is 3.47. The fraction of sp³-hybridized carbons (Fsp3) is 0.300. The van der Waals surface area contributed by atoms with E-state index in [-0.39, 0.29) is 12.3 Å². The summed E-state index contributed by atoms with van der Waals surface area (Å²) in [5.74, 6) is -0.417. The molecule has 0 saturated heterocycles. The minimum atomic E-state index is -3.46. The SMILES string of the molecule is NC(=O)CNS(=O)(=O)CCSc1cccc(N)c1. The zero-order valence-electron chi connectivity index (χ0n) is 9.63. The quantitative estimate of drug-likeness (QED) is 0.473. The number of carbonyl (C=O) groups is 1. The summed E-state index contributed by atoms with van der Waals surface area (Å²) in [5.41, 5.74) is 11.1. The first-order valence-electron chi connectivity index (χ1n) is 5.13. The van der Waals surface area contributed by atoms with Gasteiger partial charge in [-0.3, -0.25) is 4.79 Å². The molecule has 5 N–H and O–H groups in total. The van der Waals surface area contributed by atoms with Gasteiger partial charge in [-0.2, -0.15) is 0 Å². The Balaban J connectivity index is 2.39. The number of thioether (sulfide) groups is 1. The number of nitrogen functional groups attached to an aromatic ring is 1. The average molecular weight is 289 g/mol. The van der Waals surface area contributed by atoms with Gasteiger partial charge in [0.05, 0.1) is 12.3 Å². The van der Waals surface area contributed by atoms with Crippen LogP contribution in [0.4, 0.5) is 5.69 Å². The molecular formula is C10H15N3O3S2. The van der Waals surface area contributed by atoms with Crippen LogP contribution in [0.3, 0.4) is 0 Å². The molecule has 0 radical (unpaired) electrons. The van der Waals surface area contributed by atoms with E-state index in [0.717, 1.165) is 4.90 Å². The van der Waals surface area contributed by atoms with E-state index in [4.69, 9.17) is 11.5 Å². The highest BCUT2D eigenvalue weighted by Crippen LogP contribution is 2.19. The number of anilines is 1. The zero-order chi connectivity index (χ0) is 13.6. The fourth-order valence-electron chi connectivity index (χ4n) is 1.13. The van der Waals surface area contributed by atoms with Crippen LogP contribution in [0.25, 0.3) is 0 Å². The number of primary amides is 1. The maximum absolute atomic E-state index is 11.4. The lowest BCUT2D eigenvalue weighted by Gasteiger charge is -2.05. The van der Waals surface area contributed by atoms with Crippen molar-refractivity contribution in [2.75, 3.05) is 23.8 Å². The molecule has 0 aliphatic carbocycles. The van der Waals surface area contributed by atoms with E-state index in [1.54, 1.807) is 18.2 Å². The predicted molar refractivity (Wildman–Crippen MR) is 72.6 cm³/mol. The van der Waals surface area contributed by atoms with Gasteiger partial charge in [-0.05, 0) is 18.2 Å². The number of amides is 1. The molecule has 8 heteroatoms. The summed E-state index contributed by atoms with van der Waals surface area (Å²) >= 11 is 1.38. The molecule has 0 atom stereocenters. The number of hydrogen-bond donors (Lipinski definition) is 3. The zero-order valence-corrected chi connectivity index (χ0v) is 11.3. The molecule has 0 aliphatic rings. The van der Waals surface area contributed by atoms with E-state index < -0.39 is 15.9 Å². The van der Waals surface area contributed by atoms with Crippen LogP contribution in [-0.2, 0) is 14.8 Å². The Labute approximate surface area is 110 Å². The number of nitrogens with one attached hydrogen (secondary N) is 1. The molecule has 1 amide bonds. The maximum atomic E-state index is 11.4. The lowest BCUT2D eigenvalue weighted by Crippen LogP contribution is -2.35. The summed E-state index contributed by atoms with van der Waals surface area (Å²) < 4.78 is 25.0. The van der Waals surface area contributed by atoms with Crippen LogP contribution in [0.2, 0.25) is 0 Å². The number of hydrogen-bond acceptors (Lipinski definition) is 5. The Morgan fingerprint density at radius 3 is 2.72 bits per heavy atom. The molecule has 0 aliphatic heterocycles. The molecule has 0 heterocycles. The van der Waals surface area contributed by atoms with Crippen molar-refractivity contribution in [3.8, 4) is 0 Å². The highest BCUT2D eigenvalue weighted by Gasteiger charge is 2.10.